The molecule has 0 aromatic heterocycles. The van der Waals surface area contributed by atoms with E-state index in [0.717, 1.165) is 40.2 Å². The molecule has 1 N–H and O–H groups in total. The van der Waals surface area contributed by atoms with Crippen LogP contribution in [0.3, 0.4) is 0 Å². The number of ether oxygens (including phenoxy) is 4. The molecule has 3 aromatic carbocycles. The molecule has 1 aliphatic rings. The Hall–Kier alpha value is -4.36. The van der Waals surface area contributed by atoms with E-state index in [4.69, 9.17) is 18.9 Å². The lowest BCUT2D eigenvalue weighted by Crippen LogP contribution is -2.14. The fraction of sp³-hybridized carbons (Fsp3) is 0.400. The SMILES string of the molecule is C=C(C)C(=O)OCCOc1cc(-c2ccc(C3CCC(C)CC3)cc2)cc(OCCOC(=O)C(=C)C)c1-c1ccc(CCCO)cc1. The van der Waals surface area contributed by atoms with Crippen molar-refractivity contribution in [1.82, 2.24) is 0 Å². The molecule has 0 bridgehead atoms. The van der Waals surface area contributed by atoms with Crippen molar-refractivity contribution >= 4 is 11.9 Å². The third-order valence-corrected chi connectivity index (χ3v) is 8.51. The number of aliphatic hydroxyl groups excluding tert-OH is 1. The molecule has 7 nitrogen and oxygen atoms in total. The number of rotatable bonds is 16. The summed E-state index contributed by atoms with van der Waals surface area (Å²) < 4.78 is 23.2. The lowest BCUT2D eigenvalue weighted by atomic mass is 9.79. The molecule has 0 unspecified atom stereocenters. The monoisotopic (exact) mass is 640 g/mol. The maximum Gasteiger partial charge on any atom is 0.333 e. The van der Waals surface area contributed by atoms with Gasteiger partial charge >= 0.3 is 11.9 Å². The zero-order valence-corrected chi connectivity index (χ0v) is 28.0. The van der Waals surface area contributed by atoms with Gasteiger partial charge in [0, 0.05) is 17.8 Å². The largest absolute Gasteiger partial charge is 0.489 e. The van der Waals surface area contributed by atoms with Crippen molar-refractivity contribution in [3.63, 3.8) is 0 Å². The number of aliphatic hydroxyl groups is 1. The van der Waals surface area contributed by atoms with Gasteiger partial charge in [-0.25, -0.2) is 9.59 Å². The average molecular weight is 641 g/mol. The van der Waals surface area contributed by atoms with Crippen LogP contribution in [-0.2, 0) is 25.5 Å². The second-order valence-electron chi connectivity index (χ2n) is 12.5. The standard InChI is InChI=1S/C40H48O7/c1-27(2)39(42)46-23-21-44-36-25-35(33-18-16-32(17-19-33)31-12-8-29(5)9-13-31)26-37(45-22-24-47-40(43)28(3)4)38(36)34-14-10-30(11-15-34)7-6-20-41/h10-11,14-19,25-26,29,31,41H,1,3,6-9,12-13,20-24H2,2,4-5H3. The molecule has 0 atom stereocenters. The van der Waals surface area contributed by atoms with Gasteiger partial charge in [-0.3, -0.25) is 0 Å². The van der Waals surface area contributed by atoms with Gasteiger partial charge in [-0.05, 0) is 91.3 Å². The van der Waals surface area contributed by atoms with Crippen molar-refractivity contribution in [2.75, 3.05) is 33.0 Å². The molecule has 1 aliphatic carbocycles. The highest BCUT2D eigenvalue weighted by atomic mass is 16.6. The molecule has 250 valence electrons. The van der Waals surface area contributed by atoms with E-state index in [1.165, 1.54) is 31.2 Å². The predicted octanol–water partition coefficient (Wildman–Crippen LogP) is 8.24. The molecule has 0 saturated heterocycles. The Balaban J connectivity index is 1.69. The molecule has 3 aromatic rings. The molecule has 1 fully saturated rings. The molecular formula is C40H48O7. The van der Waals surface area contributed by atoms with E-state index in [1.807, 2.05) is 36.4 Å². The van der Waals surface area contributed by atoms with Crippen molar-refractivity contribution in [3.05, 3.63) is 96.1 Å². The van der Waals surface area contributed by atoms with E-state index < -0.39 is 11.9 Å². The minimum atomic E-state index is -0.470. The summed E-state index contributed by atoms with van der Waals surface area (Å²) in [5.74, 6) is 1.58. The Morgan fingerprint density at radius 3 is 1.72 bits per heavy atom. The fourth-order valence-corrected chi connectivity index (χ4v) is 5.75. The molecule has 1 saturated carbocycles. The maximum atomic E-state index is 12.0. The zero-order valence-electron chi connectivity index (χ0n) is 28.0. The summed E-state index contributed by atoms with van der Waals surface area (Å²) >= 11 is 0. The number of carbonyl (C=O) groups is 2. The van der Waals surface area contributed by atoms with E-state index in [2.05, 4.69) is 44.3 Å². The first-order valence-electron chi connectivity index (χ1n) is 16.6. The molecular weight excluding hydrogens is 592 g/mol. The Morgan fingerprint density at radius 1 is 0.723 bits per heavy atom. The lowest BCUT2D eigenvalue weighted by molar-refractivity contribution is -0.140. The van der Waals surface area contributed by atoms with E-state index in [1.54, 1.807) is 13.8 Å². The first-order valence-corrected chi connectivity index (χ1v) is 16.6. The first-order chi connectivity index (χ1) is 22.7. The highest BCUT2D eigenvalue weighted by molar-refractivity contribution is 5.87. The predicted molar refractivity (Wildman–Crippen MR) is 186 cm³/mol. The van der Waals surface area contributed by atoms with Crippen molar-refractivity contribution in [2.24, 2.45) is 5.92 Å². The van der Waals surface area contributed by atoms with Crippen molar-refractivity contribution in [2.45, 2.75) is 65.2 Å². The topological polar surface area (TPSA) is 91.3 Å². The summed E-state index contributed by atoms with van der Waals surface area (Å²) in [6.07, 6.45) is 6.41. The van der Waals surface area contributed by atoms with Crippen LogP contribution >= 0.6 is 0 Å². The van der Waals surface area contributed by atoms with Gasteiger partial charge in [0.25, 0.3) is 0 Å². The van der Waals surface area contributed by atoms with Crippen molar-refractivity contribution in [1.29, 1.82) is 0 Å². The molecule has 4 rings (SSSR count). The lowest BCUT2D eigenvalue weighted by Gasteiger charge is -2.26. The van der Waals surface area contributed by atoms with E-state index in [-0.39, 0.29) is 33.0 Å². The minimum Gasteiger partial charge on any atom is -0.489 e. The zero-order chi connectivity index (χ0) is 33.8. The van der Waals surface area contributed by atoms with Gasteiger partial charge in [-0.1, -0.05) is 81.5 Å². The molecule has 0 spiro atoms. The van der Waals surface area contributed by atoms with Crippen molar-refractivity contribution < 1.29 is 33.6 Å². The number of benzene rings is 3. The van der Waals surface area contributed by atoms with Gasteiger partial charge in [0.2, 0.25) is 0 Å². The molecule has 7 heteroatoms. The second-order valence-corrected chi connectivity index (χ2v) is 12.5. The quantitative estimate of drug-likeness (QED) is 0.0958. The third-order valence-electron chi connectivity index (χ3n) is 8.51. The molecule has 0 radical (unpaired) electrons. The highest BCUT2D eigenvalue weighted by Gasteiger charge is 2.21. The number of esters is 2. The summed E-state index contributed by atoms with van der Waals surface area (Å²) in [4.78, 5) is 24.0. The number of hydrogen-bond acceptors (Lipinski definition) is 7. The molecule has 47 heavy (non-hydrogen) atoms. The van der Waals surface area contributed by atoms with Crippen LogP contribution in [0.25, 0.3) is 22.3 Å². The van der Waals surface area contributed by atoms with Crippen LogP contribution < -0.4 is 9.47 Å². The van der Waals surface area contributed by atoms with Crippen LogP contribution in [0.2, 0.25) is 0 Å². The van der Waals surface area contributed by atoms with Crippen molar-refractivity contribution in [3.8, 4) is 33.8 Å². The van der Waals surface area contributed by atoms with Crippen LogP contribution in [0.5, 0.6) is 11.5 Å². The summed E-state index contributed by atoms with van der Waals surface area (Å²) in [5.41, 5.74) is 6.63. The van der Waals surface area contributed by atoms with Gasteiger partial charge < -0.3 is 24.1 Å². The van der Waals surface area contributed by atoms with Gasteiger partial charge in [-0.15, -0.1) is 0 Å². The van der Waals surface area contributed by atoms with Crippen LogP contribution in [0.15, 0.2) is 85.0 Å². The van der Waals surface area contributed by atoms with E-state index in [0.29, 0.717) is 35.0 Å². The van der Waals surface area contributed by atoms with Gasteiger partial charge in [0.1, 0.15) is 37.9 Å². The normalized spacial score (nSPS) is 15.8. The summed E-state index contributed by atoms with van der Waals surface area (Å²) in [7, 11) is 0. The summed E-state index contributed by atoms with van der Waals surface area (Å²) in [5, 5.41) is 9.27. The van der Waals surface area contributed by atoms with Crippen LogP contribution in [0.1, 0.15) is 69.9 Å². The van der Waals surface area contributed by atoms with Crippen LogP contribution in [0, 0.1) is 5.92 Å². The average Bonchev–Trinajstić information content (AvgIpc) is 3.08. The van der Waals surface area contributed by atoms with E-state index >= 15 is 0 Å². The second kappa shape index (κ2) is 17.5. The van der Waals surface area contributed by atoms with Crippen LogP contribution in [0.4, 0.5) is 0 Å². The maximum absolute atomic E-state index is 12.0. The molecule has 0 heterocycles. The Bertz CT molecular complexity index is 1460. The van der Waals surface area contributed by atoms with Gasteiger partial charge in [0.05, 0.1) is 5.56 Å². The molecule has 0 aliphatic heterocycles. The molecule has 0 amide bonds. The van der Waals surface area contributed by atoms with Gasteiger partial charge in [-0.2, -0.15) is 0 Å². The number of carbonyl (C=O) groups excluding carboxylic acids is 2. The Labute approximate surface area is 279 Å². The summed E-state index contributed by atoms with van der Waals surface area (Å²) in [6, 6.07) is 20.8. The van der Waals surface area contributed by atoms with Gasteiger partial charge in [0.15, 0.2) is 0 Å². The number of hydrogen-bond donors (Lipinski definition) is 1. The Morgan fingerprint density at radius 2 is 1.23 bits per heavy atom. The summed E-state index contributed by atoms with van der Waals surface area (Å²) in [6.45, 7) is 13.3. The van der Waals surface area contributed by atoms with E-state index in [9.17, 15) is 14.7 Å². The fourth-order valence-electron chi connectivity index (χ4n) is 5.75. The Kier molecular flexibility index (Phi) is 13.2. The minimum absolute atomic E-state index is 0.0528. The first kappa shape index (κ1) is 35.5. The third kappa shape index (κ3) is 10.3. The highest BCUT2D eigenvalue weighted by Crippen LogP contribution is 2.43. The van der Waals surface area contributed by atoms with Crippen LogP contribution in [-0.4, -0.2) is 50.1 Å². The smallest absolute Gasteiger partial charge is 0.333 e. The number of aryl methyl sites for hydroxylation is 1.